The maximum atomic E-state index is 10.1. The van der Waals surface area contributed by atoms with Crippen molar-refractivity contribution in [1.29, 1.82) is 0 Å². The molecule has 172 valence electrons. The molecule has 0 saturated carbocycles. The zero-order valence-corrected chi connectivity index (χ0v) is 21.2. The van der Waals surface area contributed by atoms with Gasteiger partial charge in [0.05, 0.1) is 0 Å². The van der Waals surface area contributed by atoms with Gasteiger partial charge in [-0.05, 0) is 25.7 Å². The Hall–Kier alpha value is -0.372. The quantitative estimate of drug-likeness (QED) is 0.170. The molecule has 0 aliphatic heterocycles. The summed E-state index contributed by atoms with van der Waals surface area (Å²) in [6, 6.07) is 0. The fourth-order valence-electron chi connectivity index (χ4n) is 3.16. The predicted molar refractivity (Wildman–Crippen MR) is 114 cm³/mol. The average Bonchev–Trinajstić information content (AvgIpc) is 2.65. The van der Waals surface area contributed by atoms with E-state index in [2.05, 4.69) is 13.8 Å². The van der Waals surface area contributed by atoms with Gasteiger partial charge in [0.25, 0.3) is 0 Å². The van der Waals surface area contributed by atoms with E-state index in [4.69, 9.17) is 0 Å². The van der Waals surface area contributed by atoms with E-state index >= 15 is 0 Å². The van der Waals surface area contributed by atoms with E-state index in [1.165, 1.54) is 89.9 Å². The summed E-state index contributed by atoms with van der Waals surface area (Å²) in [6.45, 7) is 4.44. The average molecular weight is 495 g/mol. The van der Waals surface area contributed by atoms with E-state index in [1.54, 1.807) is 0 Å². The summed E-state index contributed by atoms with van der Waals surface area (Å²) < 4.78 is 0. The summed E-state index contributed by atoms with van der Waals surface area (Å²) in [5.41, 5.74) is 0. The van der Waals surface area contributed by atoms with Crippen LogP contribution in [0.4, 0.5) is 0 Å². The first-order valence-corrected chi connectivity index (χ1v) is 11.9. The van der Waals surface area contributed by atoms with Gasteiger partial charge in [-0.2, -0.15) is 0 Å². The Bertz CT molecular complexity index is 303. The van der Waals surface area contributed by atoms with Gasteiger partial charge in [-0.15, -0.1) is 0 Å². The third-order valence-corrected chi connectivity index (χ3v) is 4.97. The first kappa shape index (κ1) is 33.3. The minimum atomic E-state index is -0.909. The molecule has 0 amide bonds. The summed E-state index contributed by atoms with van der Waals surface area (Å²) in [5, 5.41) is 20.2. The molecule has 0 rings (SSSR count). The molecular weight excluding hydrogens is 448 g/mol. The van der Waals surface area contributed by atoms with Crippen LogP contribution in [0.15, 0.2) is 0 Å². The van der Waals surface area contributed by atoms with Gasteiger partial charge in [-0.25, -0.2) is 0 Å². The summed E-state index contributed by atoms with van der Waals surface area (Å²) in [7, 11) is 0. The Kier molecular flexibility index (Phi) is 34.2. The minimum absolute atomic E-state index is 0. The van der Waals surface area contributed by atoms with Crippen LogP contribution in [0, 0.1) is 0 Å². The molecule has 0 saturated heterocycles. The smallest absolute Gasteiger partial charge is 0.550 e. The van der Waals surface area contributed by atoms with Crippen LogP contribution in [0.2, 0.25) is 0 Å². The van der Waals surface area contributed by atoms with E-state index < -0.39 is 11.9 Å². The van der Waals surface area contributed by atoms with Crippen LogP contribution in [0.5, 0.6) is 0 Å². The molecule has 0 spiro atoms. The summed E-state index contributed by atoms with van der Waals surface area (Å²) >= 11 is 0. The Morgan fingerprint density at radius 1 is 0.448 bits per heavy atom. The Morgan fingerprint density at radius 2 is 0.655 bits per heavy atom. The molecule has 0 radical (unpaired) electrons. The third-order valence-electron chi connectivity index (χ3n) is 4.97. The molecule has 0 aromatic rings. The number of rotatable bonds is 20. The van der Waals surface area contributed by atoms with Gasteiger partial charge in [-0.3, -0.25) is 0 Å². The van der Waals surface area contributed by atoms with Gasteiger partial charge < -0.3 is 19.8 Å². The van der Waals surface area contributed by atoms with Crippen LogP contribution in [0.3, 0.4) is 0 Å². The van der Waals surface area contributed by atoms with Crippen molar-refractivity contribution >= 4 is 11.9 Å². The van der Waals surface area contributed by atoms with Crippen LogP contribution in [0.25, 0.3) is 0 Å². The number of carbonyl (C=O) groups excluding carboxylic acids is 2. The molecule has 0 fully saturated rings. The molecule has 0 aliphatic rings. The van der Waals surface area contributed by atoms with Gasteiger partial charge in [0.1, 0.15) is 0 Å². The number of carboxylic acids is 2. The van der Waals surface area contributed by atoms with E-state index in [-0.39, 0.29) is 33.9 Å². The molecule has 0 bridgehead atoms. The van der Waals surface area contributed by atoms with Crippen molar-refractivity contribution in [3.8, 4) is 0 Å². The topological polar surface area (TPSA) is 80.3 Å². The second-order valence-electron chi connectivity index (χ2n) is 7.90. The molecule has 29 heavy (non-hydrogen) atoms. The van der Waals surface area contributed by atoms with Gasteiger partial charge >= 0.3 is 21.1 Å². The maximum Gasteiger partial charge on any atom is 2.00 e. The van der Waals surface area contributed by atoms with E-state index in [0.29, 0.717) is 0 Å². The molecule has 0 aromatic heterocycles. The second kappa shape index (κ2) is 29.8. The number of hydrogen-bond donors (Lipinski definition) is 0. The van der Waals surface area contributed by atoms with E-state index in [9.17, 15) is 19.8 Å². The van der Waals surface area contributed by atoms with E-state index in [0.717, 1.165) is 25.7 Å². The van der Waals surface area contributed by atoms with Crippen molar-refractivity contribution < 1.29 is 40.9 Å². The molecular formula is C24H46MoO4. The summed E-state index contributed by atoms with van der Waals surface area (Å²) in [5.74, 6) is -1.82. The Morgan fingerprint density at radius 3 is 0.862 bits per heavy atom. The van der Waals surface area contributed by atoms with Crippen LogP contribution < -0.4 is 10.2 Å². The monoisotopic (exact) mass is 496 g/mol. The summed E-state index contributed by atoms with van der Waals surface area (Å²) in [6.07, 6.45) is 22.3. The van der Waals surface area contributed by atoms with Gasteiger partial charge in [0, 0.05) is 11.9 Å². The first-order chi connectivity index (χ1) is 13.5. The largest absolute Gasteiger partial charge is 2.00 e. The minimum Gasteiger partial charge on any atom is -0.550 e. The molecule has 0 atom stereocenters. The molecule has 4 nitrogen and oxygen atoms in total. The molecule has 0 aromatic carbocycles. The second-order valence-corrected chi connectivity index (χ2v) is 7.90. The van der Waals surface area contributed by atoms with Crippen LogP contribution in [-0.4, -0.2) is 11.9 Å². The van der Waals surface area contributed by atoms with Crippen molar-refractivity contribution in [3.63, 3.8) is 0 Å². The van der Waals surface area contributed by atoms with Crippen LogP contribution in [0.1, 0.15) is 142 Å². The summed E-state index contributed by atoms with van der Waals surface area (Å²) in [4.78, 5) is 20.2. The zero-order chi connectivity index (χ0) is 21.3. The standard InChI is InChI=1S/2C12H24O2.Mo/c2*1-2-3-4-5-6-7-8-9-10-11-12(13)14;/h2*2-11H2,1H3,(H,13,14);/q;;+2/p-2. The van der Waals surface area contributed by atoms with Gasteiger partial charge in [0.2, 0.25) is 0 Å². The number of aliphatic carboxylic acids is 2. The van der Waals surface area contributed by atoms with Crippen molar-refractivity contribution in [2.24, 2.45) is 0 Å². The SMILES string of the molecule is CCCCCCCCCCCC(=O)[O-].CCCCCCCCCCCC(=O)[O-].[Mo+2]. The fourth-order valence-corrected chi connectivity index (χ4v) is 3.16. The number of unbranched alkanes of at least 4 members (excludes halogenated alkanes) is 16. The van der Waals surface area contributed by atoms with Crippen molar-refractivity contribution in [1.82, 2.24) is 0 Å². The third kappa shape index (κ3) is 38.8. The number of carboxylic acid groups (broad SMARTS) is 2. The van der Waals surface area contributed by atoms with Crippen LogP contribution >= 0.6 is 0 Å². The van der Waals surface area contributed by atoms with Crippen molar-refractivity contribution in [3.05, 3.63) is 0 Å². The number of hydrogen-bond acceptors (Lipinski definition) is 4. The molecule has 0 heterocycles. The van der Waals surface area contributed by atoms with Crippen molar-refractivity contribution in [2.75, 3.05) is 0 Å². The molecule has 0 N–H and O–H groups in total. The van der Waals surface area contributed by atoms with Crippen molar-refractivity contribution in [2.45, 2.75) is 142 Å². The zero-order valence-electron chi connectivity index (χ0n) is 19.2. The van der Waals surface area contributed by atoms with Gasteiger partial charge in [0.15, 0.2) is 0 Å². The molecule has 5 heteroatoms. The van der Waals surface area contributed by atoms with Crippen LogP contribution in [-0.2, 0) is 30.7 Å². The maximum absolute atomic E-state index is 10.1. The molecule has 0 unspecified atom stereocenters. The normalized spacial score (nSPS) is 10.0. The fraction of sp³-hybridized carbons (Fsp3) is 0.917. The predicted octanol–water partition coefficient (Wildman–Crippen LogP) is 5.31. The van der Waals surface area contributed by atoms with Gasteiger partial charge in [-0.1, -0.05) is 117 Å². The Labute approximate surface area is 194 Å². The number of carbonyl (C=O) groups is 2. The molecule has 0 aliphatic carbocycles. The Balaban J connectivity index is -0.000000451. The van der Waals surface area contributed by atoms with E-state index in [1.807, 2.05) is 0 Å². The first-order valence-electron chi connectivity index (χ1n) is 11.9.